The van der Waals surface area contributed by atoms with Gasteiger partial charge < -0.3 is 15.1 Å². The van der Waals surface area contributed by atoms with Gasteiger partial charge in [0.15, 0.2) is 9.84 Å². The molecular weight excluding hydrogens is 356 g/mol. The molecule has 0 spiro atoms. The number of rotatable bonds is 8. The zero-order valence-electron chi connectivity index (χ0n) is 14.5. The molecule has 0 saturated carbocycles. The van der Waals surface area contributed by atoms with Crippen molar-refractivity contribution in [1.82, 2.24) is 10.6 Å². The maximum atomic E-state index is 12.9. The lowest BCUT2D eigenvalue weighted by Gasteiger charge is -2.16. The molecule has 1 aromatic heterocycles. The minimum absolute atomic E-state index is 0.114. The summed E-state index contributed by atoms with van der Waals surface area (Å²) < 4.78 is 31.1. The molecule has 26 heavy (non-hydrogen) atoms. The maximum absolute atomic E-state index is 12.9. The number of furan rings is 1. The first kappa shape index (κ1) is 19.7. The average Bonchev–Trinajstić information content (AvgIpc) is 3.16. The van der Waals surface area contributed by atoms with Crippen LogP contribution in [0.25, 0.3) is 0 Å². The minimum atomic E-state index is -3.81. The number of hydrogen-bond acceptors (Lipinski definition) is 5. The summed E-state index contributed by atoms with van der Waals surface area (Å²) in [5.41, 5.74) is 0. The standard InChI is InChI=1S/C18H22N2O5S/c1-2-3-11-19-17(21)18(22)20-13-16(15-10-7-12-25-15)26(23,24)14-8-5-4-6-9-14/h4-10,12,16H,2-3,11,13H2,1H3,(H,19,21)(H,20,22)/t16-/m1/s1. The Balaban J connectivity index is 2.12. The van der Waals surface area contributed by atoms with Gasteiger partial charge in [-0.25, -0.2) is 8.42 Å². The summed E-state index contributed by atoms with van der Waals surface area (Å²) in [5, 5.41) is 3.74. The molecule has 7 nitrogen and oxygen atoms in total. The van der Waals surface area contributed by atoms with Gasteiger partial charge in [-0.15, -0.1) is 0 Å². The lowest BCUT2D eigenvalue weighted by atomic mass is 10.3. The Morgan fingerprint density at radius 2 is 1.73 bits per heavy atom. The summed E-state index contributed by atoms with van der Waals surface area (Å²) in [7, 11) is -3.81. The highest BCUT2D eigenvalue weighted by Crippen LogP contribution is 2.28. The van der Waals surface area contributed by atoms with Gasteiger partial charge in [-0.05, 0) is 30.7 Å². The summed E-state index contributed by atoms with van der Waals surface area (Å²) >= 11 is 0. The second kappa shape index (κ2) is 9.19. The number of sulfone groups is 1. The smallest absolute Gasteiger partial charge is 0.309 e. The molecule has 0 radical (unpaired) electrons. The second-order valence-corrected chi connectivity index (χ2v) is 7.81. The maximum Gasteiger partial charge on any atom is 0.309 e. The fourth-order valence-electron chi connectivity index (χ4n) is 2.34. The van der Waals surface area contributed by atoms with Crippen molar-refractivity contribution in [2.24, 2.45) is 0 Å². The minimum Gasteiger partial charge on any atom is -0.468 e. The van der Waals surface area contributed by atoms with E-state index in [2.05, 4.69) is 10.6 Å². The van der Waals surface area contributed by atoms with Gasteiger partial charge in [0.05, 0.1) is 11.2 Å². The Labute approximate surface area is 152 Å². The van der Waals surface area contributed by atoms with Crippen molar-refractivity contribution in [3.05, 3.63) is 54.5 Å². The molecule has 2 rings (SSSR count). The summed E-state index contributed by atoms with van der Waals surface area (Å²) in [5.74, 6) is -1.46. The molecular formula is C18H22N2O5S. The number of carbonyl (C=O) groups excluding carboxylic acids is 2. The summed E-state index contributed by atoms with van der Waals surface area (Å²) in [6, 6.07) is 11.0. The highest BCUT2D eigenvalue weighted by Gasteiger charge is 2.32. The van der Waals surface area contributed by atoms with Crippen molar-refractivity contribution in [3.63, 3.8) is 0 Å². The molecule has 0 unspecified atom stereocenters. The van der Waals surface area contributed by atoms with Crippen LogP contribution in [0.3, 0.4) is 0 Å². The Bertz CT molecular complexity index is 817. The Morgan fingerprint density at radius 1 is 1.04 bits per heavy atom. The highest BCUT2D eigenvalue weighted by atomic mass is 32.2. The van der Waals surface area contributed by atoms with Crippen LogP contribution in [-0.4, -0.2) is 33.3 Å². The molecule has 1 atom stereocenters. The van der Waals surface area contributed by atoms with Crippen LogP contribution in [0.15, 0.2) is 58.0 Å². The third-order valence-corrected chi connectivity index (χ3v) is 5.85. The van der Waals surface area contributed by atoms with Crippen molar-refractivity contribution < 1.29 is 22.4 Å². The number of unbranched alkanes of at least 4 members (excludes halogenated alkanes) is 1. The van der Waals surface area contributed by atoms with Crippen LogP contribution in [0.5, 0.6) is 0 Å². The van der Waals surface area contributed by atoms with E-state index in [0.29, 0.717) is 6.54 Å². The Kier molecular flexibility index (Phi) is 6.97. The lowest BCUT2D eigenvalue weighted by Crippen LogP contribution is -2.42. The third-order valence-electron chi connectivity index (χ3n) is 3.78. The van der Waals surface area contributed by atoms with E-state index in [1.54, 1.807) is 24.3 Å². The van der Waals surface area contributed by atoms with E-state index in [1.165, 1.54) is 24.5 Å². The highest BCUT2D eigenvalue weighted by molar-refractivity contribution is 7.91. The number of benzene rings is 1. The summed E-state index contributed by atoms with van der Waals surface area (Å²) in [6.45, 7) is 2.09. The van der Waals surface area contributed by atoms with Gasteiger partial charge in [-0.3, -0.25) is 9.59 Å². The van der Waals surface area contributed by atoms with Gasteiger partial charge in [-0.2, -0.15) is 0 Å². The van der Waals surface area contributed by atoms with Gasteiger partial charge in [-0.1, -0.05) is 31.5 Å². The van der Waals surface area contributed by atoms with Gasteiger partial charge in [0.2, 0.25) is 0 Å². The monoisotopic (exact) mass is 378 g/mol. The number of amides is 2. The Morgan fingerprint density at radius 3 is 2.35 bits per heavy atom. The van der Waals surface area contributed by atoms with Crippen LogP contribution in [0.2, 0.25) is 0 Å². The third kappa shape index (κ3) is 4.95. The second-order valence-electron chi connectivity index (χ2n) is 5.68. The van der Waals surface area contributed by atoms with E-state index in [4.69, 9.17) is 4.42 Å². The van der Waals surface area contributed by atoms with Crippen LogP contribution in [0.1, 0.15) is 30.8 Å². The van der Waals surface area contributed by atoms with E-state index in [1.807, 2.05) is 6.92 Å². The van der Waals surface area contributed by atoms with Gasteiger partial charge in [0.1, 0.15) is 11.0 Å². The van der Waals surface area contributed by atoms with Crippen LogP contribution < -0.4 is 10.6 Å². The molecule has 0 bridgehead atoms. The number of hydrogen-bond donors (Lipinski definition) is 2. The summed E-state index contributed by atoms with van der Waals surface area (Å²) in [6.07, 6.45) is 3.01. The first-order chi connectivity index (χ1) is 12.5. The molecule has 1 aromatic carbocycles. The predicted molar refractivity (Wildman–Crippen MR) is 96.0 cm³/mol. The predicted octanol–water partition coefficient (Wildman–Crippen LogP) is 1.83. The van der Waals surface area contributed by atoms with Crippen LogP contribution in [0.4, 0.5) is 0 Å². The van der Waals surface area contributed by atoms with Crippen molar-refractivity contribution in [2.75, 3.05) is 13.1 Å². The summed E-state index contributed by atoms with van der Waals surface area (Å²) in [4.78, 5) is 23.8. The molecule has 0 fully saturated rings. The largest absolute Gasteiger partial charge is 0.468 e. The molecule has 2 amide bonds. The fourth-order valence-corrected chi connectivity index (χ4v) is 3.94. The van der Waals surface area contributed by atoms with E-state index in [0.717, 1.165) is 12.8 Å². The van der Waals surface area contributed by atoms with Gasteiger partial charge in [0.25, 0.3) is 0 Å². The molecule has 2 N–H and O–H groups in total. The van der Waals surface area contributed by atoms with E-state index < -0.39 is 26.9 Å². The van der Waals surface area contributed by atoms with Crippen LogP contribution in [0, 0.1) is 0 Å². The van der Waals surface area contributed by atoms with Crippen molar-refractivity contribution in [1.29, 1.82) is 0 Å². The van der Waals surface area contributed by atoms with Crippen LogP contribution >= 0.6 is 0 Å². The molecule has 8 heteroatoms. The molecule has 0 aliphatic rings. The van der Waals surface area contributed by atoms with E-state index in [-0.39, 0.29) is 17.2 Å². The van der Waals surface area contributed by atoms with Crippen molar-refractivity contribution >= 4 is 21.7 Å². The van der Waals surface area contributed by atoms with Crippen molar-refractivity contribution in [3.8, 4) is 0 Å². The number of nitrogens with one attached hydrogen (secondary N) is 2. The van der Waals surface area contributed by atoms with Crippen molar-refractivity contribution in [2.45, 2.75) is 29.9 Å². The SMILES string of the molecule is CCCCNC(=O)C(=O)NC[C@H](c1ccco1)S(=O)(=O)c1ccccc1. The quantitative estimate of drug-likeness (QED) is 0.538. The zero-order chi connectivity index (χ0) is 19.0. The lowest BCUT2D eigenvalue weighted by molar-refractivity contribution is -0.139. The topological polar surface area (TPSA) is 105 Å². The fraction of sp³-hybridized carbons (Fsp3) is 0.333. The molecule has 0 saturated heterocycles. The Hall–Kier alpha value is -2.61. The zero-order valence-corrected chi connectivity index (χ0v) is 15.3. The van der Waals surface area contributed by atoms with Gasteiger partial charge in [0, 0.05) is 13.1 Å². The molecule has 0 aliphatic heterocycles. The molecule has 0 aliphatic carbocycles. The molecule has 1 heterocycles. The van der Waals surface area contributed by atoms with Gasteiger partial charge >= 0.3 is 11.8 Å². The molecule has 140 valence electrons. The first-order valence-electron chi connectivity index (χ1n) is 8.35. The first-order valence-corrected chi connectivity index (χ1v) is 9.89. The average molecular weight is 378 g/mol. The molecule has 2 aromatic rings. The van der Waals surface area contributed by atoms with E-state index >= 15 is 0 Å². The number of carbonyl (C=O) groups is 2. The normalized spacial score (nSPS) is 12.3. The van der Waals surface area contributed by atoms with E-state index in [9.17, 15) is 18.0 Å². The van der Waals surface area contributed by atoms with Crippen LogP contribution in [-0.2, 0) is 19.4 Å².